The molecule has 6 nitrogen and oxygen atoms in total. The van der Waals surface area contributed by atoms with Gasteiger partial charge < -0.3 is 16.6 Å². The van der Waals surface area contributed by atoms with Gasteiger partial charge in [0.05, 0.1) is 5.69 Å². The standard InChI is InChI=1S/C22H27N5O/c1-15-10-11-18(17(14-15)19(28)16-8-4-2-5-9-16)27-21(24)25-20(23)26-22(27)12-6-3-7-13-22/h2,4-5,8-11,14,19,28H,3,6-7,12-13H2,1H3,(H4,23,24,25,26). The van der Waals surface area contributed by atoms with Crippen LogP contribution in [-0.2, 0) is 0 Å². The van der Waals surface area contributed by atoms with E-state index in [0.29, 0.717) is 5.96 Å². The summed E-state index contributed by atoms with van der Waals surface area (Å²) in [6, 6.07) is 15.7. The molecular weight excluding hydrogens is 350 g/mol. The van der Waals surface area contributed by atoms with Crippen molar-refractivity contribution in [1.82, 2.24) is 0 Å². The van der Waals surface area contributed by atoms with Crippen LogP contribution < -0.4 is 16.4 Å². The van der Waals surface area contributed by atoms with Crippen LogP contribution in [0.2, 0.25) is 0 Å². The van der Waals surface area contributed by atoms with Crippen LogP contribution in [0.25, 0.3) is 0 Å². The van der Waals surface area contributed by atoms with Crippen LogP contribution in [0, 0.1) is 6.92 Å². The van der Waals surface area contributed by atoms with E-state index in [-0.39, 0.29) is 5.96 Å². The van der Waals surface area contributed by atoms with Gasteiger partial charge in [-0.15, -0.1) is 0 Å². The summed E-state index contributed by atoms with van der Waals surface area (Å²) in [5.41, 5.74) is 15.4. The second-order valence-corrected chi connectivity index (χ2v) is 7.69. The molecule has 2 aliphatic rings. The molecule has 0 bridgehead atoms. The van der Waals surface area contributed by atoms with Crippen molar-refractivity contribution in [3.8, 4) is 0 Å². The first-order chi connectivity index (χ1) is 13.5. The van der Waals surface area contributed by atoms with Gasteiger partial charge in [0.2, 0.25) is 11.9 Å². The third-order valence-electron chi connectivity index (χ3n) is 5.69. The summed E-state index contributed by atoms with van der Waals surface area (Å²) in [6.45, 7) is 2.02. The lowest BCUT2D eigenvalue weighted by Crippen LogP contribution is -2.58. The van der Waals surface area contributed by atoms with Gasteiger partial charge in [-0.05, 0) is 44.2 Å². The summed E-state index contributed by atoms with van der Waals surface area (Å²) in [4.78, 5) is 11.0. The zero-order valence-electron chi connectivity index (χ0n) is 16.2. The predicted molar refractivity (Wildman–Crippen MR) is 113 cm³/mol. The first kappa shape index (κ1) is 18.5. The molecule has 1 fully saturated rings. The highest BCUT2D eigenvalue weighted by atomic mass is 16.3. The van der Waals surface area contributed by atoms with Gasteiger partial charge in [0.25, 0.3) is 0 Å². The molecule has 5 N–H and O–H groups in total. The van der Waals surface area contributed by atoms with Crippen molar-refractivity contribution < 1.29 is 5.11 Å². The number of nitrogens with zero attached hydrogens (tertiary/aromatic N) is 3. The zero-order valence-corrected chi connectivity index (χ0v) is 16.2. The molecule has 1 heterocycles. The number of hydrogen-bond donors (Lipinski definition) is 3. The number of aliphatic hydroxyl groups is 1. The SMILES string of the molecule is Cc1ccc(N2C(N)=NC(N)=NC23CCCCC3)c(C(O)c2ccccc2)c1. The molecule has 146 valence electrons. The number of aliphatic hydroxyl groups excluding tert-OH is 1. The normalized spacial score (nSPS) is 19.9. The maximum Gasteiger partial charge on any atom is 0.220 e. The van der Waals surface area contributed by atoms with E-state index in [1.54, 1.807) is 0 Å². The molecule has 1 atom stereocenters. The van der Waals surface area contributed by atoms with Gasteiger partial charge in [-0.2, -0.15) is 4.99 Å². The van der Waals surface area contributed by atoms with Crippen LogP contribution in [0.5, 0.6) is 0 Å². The molecule has 1 aliphatic heterocycles. The van der Waals surface area contributed by atoms with E-state index in [1.807, 2.05) is 60.4 Å². The number of nitrogens with two attached hydrogens (primary N) is 2. The maximum atomic E-state index is 11.2. The molecule has 0 saturated heterocycles. The minimum Gasteiger partial charge on any atom is -0.384 e. The molecule has 6 heteroatoms. The molecule has 1 aliphatic carbocycles. The Bertz CT molecular complexity index is 916. The molecule has 0 radical (unpaired) electrons. The van der Waals surface area contributed by atoms with Crippen LogP contribution in [0.4, 0.5) is 5.69 Å². The summed E-state index contributed by atoms with van der Waals surface area (Å²) >= 11 is 0. The van der Waals surface area contributed by atoms with Crippen LogP contribution >= 0.6 is 0 Å². The molecule has 1 spiro atoms. The van der Waals surface area contributed by atoms with Crippen LogP contribution in [0.15, 0.2) is 58.5 Å². The van der Waals surface area contributed by atoms with Crippen molar-refractivity contribution in [1.29, 1.82) is 0 Å². The predicted octanol–water partition coefficient (Wildman–Crippen LogP) is 3.19. The summed E-state index contributed by atoms with van der Waals surface area (Å²) in [5, 5.41) is 11.2. The molecule has 0 aromatic heterocycles. The first-order valence-corrected chi connectivity index (χ1v) is 9.83. The van der Waals surface area contributed by atoms with Gasteiger partial charge in [-0.3, -0.25) is 4.90 Å². The van der Waals surface area contributed by atoms with Gasteiger partial charge in [0.15, 0.2) is 0 Å². The molecule has 28 heavy (non-hydrogen) atoms. The number of hydrogen-bond acceptors (Lipinski definition) is 6. The van der Waals surface area contributed by atoms with Crippen LogP contribution in [0.1, 0.15) is 54.9 Å². The number of rotatable bonds is 3. The van der Waals surface area contributed by atoms with Crippen molar-refractivity contribution >= 4 is 17.6 Å². The molecule has 1 saturated carbocycles. The minimum atomic E-state index is -0.771. The fraction of sp³-hybridized carbons (Fsp3) is 0.364. The average molecular weight is 377 g/mol. The Morgan fingerprint density at radius 2 is 1.75 bits per heavy atom. The van der Waals surface area contributed by atoms with Crippen LogP contribution in [0.3, 0.4) is 0 Å². The highest BCUT2D eigenvalue weighted by Gasteiger charge is 2.43. The van der Waals surface area contributed by atoms with Gasteiger partial charge in [-0.25, -0.2) is 4.99 Å². The van der Waals surface area contributed by atoms with E-state index in [9.17, 15) is 5.11 Å². The van der Waals surface area contributed by atoms with Crippen molar-refractivity contribution in [2.45, 2.75) is 50.8 Å². The fourth-order valence-electron chi connectivity index (χ4n) is 4.38. The monoisotopic (exact) mass is 377 g/mol. The Kier molecular flexibility index (Phi) is 4.81. The van der Waals surface area contributed by atoms with E-state index in [4.69, 9.17) is 16.5 Å². The zero-order chi connectivity index (χ0) is 19.7. The molecule has 0 amide bonds. The summed E-state index contributed by atoms with van der Waals surface area (Å²) in [6.07, 6.45) is 4.24. The maximum absolute atomic E-state index is 11.2. The number of aliphatic imine (C=N–C) groups is 2. The third-order valence-corrected chi connectivity index (χ3v) is 5.69. The number of benzene rings is 2. The van der Waals surface area contributed by atoms with Gasteiger partial charge in [0, 0.05) is 5.56 Å². The third kappa shape index (κ3) is 3.24. The van der Waals surface area contributed by atoms with Crippen molar-refractivity contribution in [3.05, 3.63) is 65.2 Å². The summed E-state index contributed by atoms with van der Waals surface area (Å²) < 4.78 is 0. The molecule has 1 unspecified atom stereocenters. The van der Waals surface area contributed by atoms with E-state index in [0.717, 1.165) is 48.1 Å². The van der Waals surface area contributed by atoms with E-state index in [2.05, 4.69) is 4.99 Å². The van der Waals surface area contributed by atoms with Crippen molar-refractivity contribution in [2.24, 2.45) is 21.5 Å². The molecule has 4 rings (SSSR count). The number of aryl methyl sites for hydroxylation is 1. The second kappa shape index (κ2) is 7.28. The van der Waals surface area contributed by atoms with E-state index >= 15 is 0 Å². The van der Waals surface area contributed by atoms with Gasteiger partial charge in [-0.1, -0.05) is 54.4 Å². The summed E-state index contributed by atoms with van der Waals surface area (Å²) in [7, 11) is 0. The fourth-order valence-corrected chi connectivity index (χ4v) is 4.38. The van der Waals surface area contributed by atoms with Gasteiger partial charge in [0.1, 0.15) is 11.8 Å². The Balaban J connectivity index is 1.85. The summed E-state index contributed by atoms with van der Waals surface area (Å²) in [5.74, 6) is 0.563. The highest BCUT2D eigenvalue weighted by Crippen LogP contribution is 2.42. The molecule has 2 aromatic rings. The molecular formula is C22H27N5O. The Labute approximate surface area is 165 Å². The second-order valence-electron chi connectivity index (χ2n) is 7.69. The smallest absolute Gasteiger partial charge is 0.220 e. The largest absolute Gasteiger partial charge is 0.384 e. The Hall–Kier alpha value is -2.86. The van der Waals surface area contributed by atoms with E-state index < -0.39 is 11.8 Å². The quantitative estimate of drug-likeness (QED) is 0.765. The number of guanidine groups is 2. The highest BCUT2D eigenvalue weighted by molar-refractivity contribution is 6.06. The van der Waals surface area contributed by atoms with Crippen LogP contribution in [-0.4, -0.2) is 22.7 Å². The molecule has 2 aromatic carbocycles. The Morgan fingerprint density at radius 3 is 2.46 bits per heavy atom. The topological polar surface area (TPSA) is 100 Å². The number of anilines is 1. The lowest BCUT2D eigenvalue weighted by atomic mass is 9.86. The van der Waals surface area contributed by atoms with Gasteiger partial charge >= 0.3 is 0 Å². The lowest BCUT2D eigenvalue weighted by Gasteiger charge is -2.46. The average Bonchev–Trinajstić information content (AvgIpc) is 2.69. The first-order valence-electron chi connectivity index (χ1n) is 9.83. The van der Waals surface area contributed by atoms with E-state index in [1.165, 1.54) is 6.42 Å². The van der Waals surface area contributed by atoms with Crippen molar-refractivity contribution in [2.75, 3.05) is 4.90 Å². The Morgan fingerprint density at radius 1 is 1.04 bits per heavy atom. The lowest BCUT2D eigenvalue weighted by molar-refractivity contribution is 0.219. The van der Waals surface area contributed by atoms with Crippen molar-refractivity contribution in [3.63, 3.8) is 0 Å². The minimum absolute atomic E-state index is 0.230.